The van der Waals surface area contributed by atoms with Crippen LogP contribution in [0.5, 0.6) is 11.5 Å². The first kappa shape index (κ1) is 20.9. The van der Waals surface area contributed by atoms with Crippen molar-refractivity contribution in [3.8, 4) is 11.5 Å². The van der Waals surface area contributed by atoms with Gasteiger partial charge in [-0.15, -0.1) is 0 Å². The van der Waals surface area contributed by atoms with Gasteiger partial charge >= 0.3 is 0 Å². The van der Waals surface area contributed by atoms with Crippen LogP contribution < -0.4 is 20.2 Å². The van der Waals surface area contributed by atoms with Crippen molar-refractivity contribution in [2.45, 2.75) is 6.92 Å². The van der Waals surface area contributed by atoms with Crippen molar-refractivity contribution in [1.29, 1.82) is 0 Å². The van der Waals surface area contributed by atoms with E-state index < -0.39 is 5.91 Å². The van der Waals surface area contributed by atoms with Crippen molar-refractivity contribution in [2.24, 2.45) is 5.10 Å². The molecule has 0 aliphatic rings. The Morgan fingerprint density at radius 3 is 2.70 bits per heavy atom. The number of nitrogens with one attached hydrogen (secondary N) is 2. The average Bonchev–Trinajstić information content (AvgIpc) is 2.78. The second-order valence-corrected chi connectivity index (χ2v) is 6.34. The van der Waals surface area contributed by atoms with Gasteiger partial charge in [0.25, 0.3) is 11.8 Å². The van der Waals surface area contributed by atoms with Crippen molar-refractivity contribution >= 4 is 28.8 Å². The number of carbonyl (C=O) groups excluding carboxylic acids is 2. The van der Waals surface area contributed by atoms with Crippen LogP contribution in [0.15, 0.2) is 65.8 Å². The molecule has 2 N–H and O–H groups in total. The lowest BCUT2D eigenvalue weighted by Gasteiger charge is -2.10. The molecule has 30 heavy (non-hydrogen) atoms. The number of amides is 2. The van der Waals surface area contributed by atoms with Crippen LogP contribution in [0.4, 0.5) is 0 Å². The molecular formula is C23H23N3O4. The lowest BCUT2D eigenvalue weighted by Crippen LogP contribution is -2.34. The topological polar surface area (TPSA) is 89.0 Å². The maximum absolute atomic E-state index is 12.2. The summed E-state index contributed by atoms with van der Waals surface area (Å²) >= 11 is 0. The van der Waals surface area contributed by atoms with Crippen molar-refractivity contribution in [2.75, 3.05) is 20.3 Å². The molecule has 0 saturated heterocycles. The Labute approximate surface area is 174 Å². The fourth-order valence-electron chi connectivity index (χ4n) is 2.93. The molecular weight excluding hydrogens is 382 g/mol. The molecule has 0 radical (unpaired) electrons. The zero-order valence-corrected chi connectivity index (χ0v) is 16.8. The molecule has 7 heteroatoms. The second-order valence-electron chi connectivity index (χ2n) is 6.34. The number of carbonyl (C=O) groups is 2. The highest BCUT2D eigenvalue weighted by molar-refractivity contribution is 6.03. The van der Waals surface area contributed by atoms with E-state index >= 15 is 0 Å². The predicted octanol–water partition coefficient (Wildman–Crippen LogP) is 3.13. The SMILES string of the molecule is CCOc1ccc2ccccc2c1/C=N\NC(=O)CNC(=O)c1cccc(OC)c1. The summed E-state index contributed by atoms with van der Waals surface area (Å²) in [7, 11) is 1.52. The van der Waals surface area contributed by atoms with E-state index in [1.165, 1.54) is 7.11 Å². The molecule has 3 aromatic carbocycles. The maximum atomic E-state index is 12.2. The second kappa shape index (κ2) is 10.1. The van der Waals surface area contributed by atoms with E-state index in [2.05, 4.69) is 15.8 Å². The number of benzene rings is 3. The number of nitrogens with zero attached hydrogens (tertiary/aromatic N) is 1. The van der Waals surface area contributed by atoms with Gasteiger partial charge in [0, 0.05) is 11.1 Å². The van der Waals surface area contributed by atoms with Gasteiger partial charge in [0.1, 0.15) is 11.5 Å². The standard InChI is InChI=1S/C23H23N3O4/c1-3-30-21-12-11-16-7-4-5-10-19(16)20(21)14-25-26-22(27)15-24-23(28)17-8-6-9-18(13-17)29-2/h4-14H,3,15H2,1-2H3,(H,24,28)(H,26,27)/b25-14-. The first-order chi connectivity index (χ1) is 14.6. The van der Waals surface area contributed by atoms with Gasteiger partial charge in [-0.05, 0) is 42.0 Å². The van der Waals surface area contributed by atoms with E-state index in [0.717, 1.165) is 16.3 Å². The van der Waals surface area contributed by atoms with Gasteiger partial charge in [-0.1, -0.05) is 36.4 Å². The quantitative estimate of drug-likeness (QED) is 0.445. The van der Waals surface area contributed by atoms with Crippen LogP contribution in [-0.2, 0) is 4.79 Å². The van der Waals surface area contributed by atoms with Gasteiger partial charge in [0.05, 0.1) is 26.5 Å². The van der Waals surface area contributed by atoms with Crippen LogP contribution >= 0.6 is 0 Å². The molecule has 0 aromatic heterocycles. The molecule has 7 nitrogen and oxygen atoms in total. The van der Waals surface area contributed by atoms with Crippen LogP contribution in [-0.4, -0.2) is 38.3 Å². The van der Waals surface area contributed by atoms with Crippen LogP contribution in [0.1, 0.15) is 22.8 Å². The number of hydrogen-bond donors (Lipinski definition) is 2. The van der Waals surface area contributed by atoms with Gasteiger partial charge < -0.3 is 14.8 Å². The summed E-state index contributed by atoms with van der Waals surface area (Å²) in [5.74, 6) is 0.429. The Kier molecular flexibility index (Phi) is 7.00. The normalized spacial score (nSPS) is 10.7. The molecule has 0 aliphatic heterocycles. The zero-order chi connectivity index (χ0) is 21.3. The molecule has 0 atom stereocenters. The van der Waals surface area contributed by atoms with E-state index in [1.54, 1.807) is 30.5 Å². The highest BCUT2D eigenvalue weighted by Crippen LogP contribution is 2.26. The fraction of sp³-hybridized carbons (Fsp3) is 0.174. The molecule has 0 aliphatic carbocycles. The van der Waals surface area contributed by atoms with Crippen LogP contribution in [0, 0.1) is 0 Å². The van der Waals surface area contributed by atoms with Crippen molar-refractivity contribution in [1.82, 2.24) is 10.7 Å². The van der Waals surface area contributed by atoms with Crippen molar-refractivity contribution < 1.29 is 19.1 Å². The minimum atomic E-state index is -0.444. The minimum Gasteiger partial charge on any atom is -0.497 e. The molecule has 3 rings (SSSR count). The third-order valence-electron chi connectivity index (χ3n) is 4.35. The van der Waals surface area contributed by atoms with Gasteiger partial charge in [0.2, 0.25) is 0 Å². The third kappa shape index (κ3) is 5.14. The Morgan fingerprint density at radius 1 is 1.07 bits per heavy atom. The summed E-state index contributed by atoms with van der Waals surface area (Å²) in [5, 5.41) is 8.60. The molecule has 154 valence electrons. The van der Waals surface area contributed by atoms with Crippen LogP contribution in [0.2, 0.25) is 0 Å². The zero-order valence-electron chi connectivity index (χ0n) is 16.8. The maximum Gasteiger partial charge on any atom is 0.259 e. The minimum absolute atomic E-state index is 0.207. The van der Waals surface area contributed by atoms with Crippen molar-refractivity contribution in [3.63, 3.8) is 0 Å². The summed E-state index contributed by atoms with van der Waals surface area (Å²) in [6.07, 6.45) is 1.55. The lowest BCUT2D eigenvalue weighted by molar-refractivity contribution is -0.120. The smallest absolute Gasteiger partial charge is 0.259 e. The number of hydrogen-bond acceptors (Lipinski definition) is 5. The number of fused-ring (bicyclic) bond motifs is 1. The van der Waals surface area contributed by atoms with E-state index in [4.69, 9.17) is 9.47 Å². The Balaban J connectivity index is 1.63. The average molecular weight is 405 g/mol. The molecule has 3 aromatic rings. The van der Waals surface area contributed by atoms with Gasteiger partial charge in [-0.3, -0.25) is 9.59 Å². The highest BCUT2D eigenvalue weighted by Gasteiger charge is 2.09. The highest BCUT2D eigenvalue weighted by atomic mass is 16.5. The summed E-state index contributed by atoms with van der Waals surface area (Å²) in [6.45, 7) is 2.21. The number of methoxy groups -OCH3 is 1. The van der Waals surface area contributed by atoms with E-state index in [1.807, 2.05) is 43.3 Å². The van der Waals surface area contributed by atoms with E-state index in [-0.39, 0.29) is 12.5 Å². The van der Waals surface area contributed by atoms with E-state index in [0.29, 0.717) is 23.7 Å². The molecule has 0 bridgehead atoms. The number of rotatable bonds is 8. The third-order valence-corrected chi connectivity index (χ3v) is 4.35. The summed E-state index contributed by atoms with van der Waals surface area (Å²) in [5.41, 5.74) is 3.61. The first-order valence-corrected chi connectivity index (χ1v) is 9.51. The van der Waals surface area contributed by atoms with Gasteiger partial charge in [-0.25, -0.2) is 5.43 Å². The van der Waals surface area contributed by atoms with Crippen LogP contribution in [0.3, 0.4) is 0 Å². The largest absolute Gasteiger partial charge is 0.497 e. The first-order valence-electron chi connectivity index (χ1n) is 9.51. The Hall–Kier alpha value is -3.87. The monoisotopic (exact) mass is 405 g/mol. The molecule has 0 spiro atoms. The number of ether oxygens (including phenoxy) is 2. The molecule has 0 unspecified atom stereocenters. The molecule has 0 fully saturated rings. The Bertz CT molecular complexity index is 1080. The van der Waals surface area contributed by atoms with Crippen molar-refractivity contribution in [3.05, 3.63) is 71.8 Å². The summed E-state index contributed by atoms with van der Waals surface area (Å²) < 4.78 is 10.8. The molecule has 0 heterocycles. The summed E-state index contributed by atoms with van der Waals surface area (Å²) in [6, 6.07) is 18.4. The predicted molar refractivity (Wildman–Crippen MR) is 116 cm³/mol. The molecule has 2 amide bonds. The number of hydrazone groups is 1. The van der Waals surface area contributed by atoms with Gasteiger partial charge in [0.15, 0.2) is 0 Å². The van der Waals surface area contributed by atoms with Crippen LogP contribution in [0.25, 0.3) is 10.8 Å². The summed E-state index contributed by atoms with van der Waals surface area (Å²) in [4.78, 5) is 24.2. The fourth-order valence-corrected chi connectivity index (χ4v) is 2.93. The van der Waals surface area contributed by atoms with Gasteiger partial charge in [-0.2, -0.15) is 5.10 Å². The lowest BCUT2D eigenvalue weighted by atomic mass is 10.0. The molecule has 0 saturated carbocycles. The van der Waals surface area contributed by atoms with E-state index in [9.17, 15) is 9.59 Å². The Morgan fingerprint density at radius 2 is 1.90 bits per heavy atom.